The van der Waals surface area contributed by atoms with Crippen molar-refractivity contribution in [1.82, 2.24) is 0 Å². The Kier molecular flexibility index (Phi) is 4.66. The summed E-state index contributed by atoms with van der Waals surface area (Å²) in [5.74, 6) is 0. The quantitative estimate of drug-likeness (QED) is 0.568. The molecular weight excluding hydrogens is 319 g/mol. The molecule has 0 spiro atoms. The number of hydrogen-bond acceptors (Lipinski definition) is 0. The summed E-state index contributed by atoms with van der Waals surface area (Å²) < 4.78 is 1.42. The number of benzene rings is 1. The molecule has 0 saturated heterocycles. The Morgan fingerprint density at radius 2 is 2.06 bits per heavy atom. The first kappa shape index (κ1) is 13.1. The van der Waals surface area contributed by atoms with Crippen LogP contribution in [0.1, 0.15) is 43.4 Å². The second-order valence-electron chi connectivity index (χ2n) is 4.78. The van der Waals surface area contributed by atoms with E-state index in [1.807, 2.05) is 0 Å². The van der Waals surface area contributed by atoms with Crippen molar-refractivity contribution in [3.63, 3.8) is 0 Å². The Morgan fingerprint density at radius 1 is 1.24 bits per heavy atom. The average molecular weight is 341 g/mol. The summed E-state index contributed by atoms with van der Waals surface area (Å²) in [5, 5.41) is 0. The van der Waals surface area contributed by atoms with E-state index in [-0.39, 0.29) is 0 Å². The van der Waals surface area contributed by atoms with E-state index in [1.165, 1.54) is 30.1 Å². The van der Waals surface area contributed by atoms with Crippen molar-refractivity contribution < 1.29 is 21.2 Å². The number of fused-ring (bicyclic) bond motifs is 1. The van der Waals surface area contributed by atoms with Gasteiger partial charge in [0.25, 0.3) is 0 Å². The summed E-state index contributed by atoms with van der Waals surface area (Å²) in [6.45, 7) is 4.60. The first-order valence-electron chi connectivity index (χ1n) is 6.50. The summed E-state index contributed by atoms with van der Waals surface area (Å²) in [6.07, 6.45) is 5.02. The maximum absolute atomic E-state index is 2.46. The van der Waals surface area contributed by atoms with Gasteiger partial charge in [-0.15, -0.1) is 0 Å². The predicted molar refractivity (Wildman–Crippen MR) is 72.1 cm³/mol. The first-order valence-corrected chi connectivity index (χ1v) is 10.2. The van der Waals surface area contributed by atoms with Crippen LogP contribution in [0, 0.1) is 0 Å². The third-order valence-electron chi connectivity index (χ3n) is 3.80. The van der Waals surface area contributed by atoms with Gasteiger partial charge in [0.1, 0.15) is 0 Å². The zero-order valence-corrected chi connectivity index (χ0v) is 13.3. The number of allylic oxidation sites excluding steroid dienone is 2. The van der Waals surface area contributed by atoms with Crippen LogP contribution in [0.5, 0.6) is 0 Å². The molecule has 1 aromatic rings. The van der Waals surface area contributed by atoms with E-state index in [0.29, 0.717) is 21.2 Å². The standard InChI is InChI=1S/C16H22I/c1-4-14-7-8-15-6-5-13(9-10-17-3)11-16(15)12(14)2/h5-6,11H,4,7-10H2,1-3H3/q-1. The topological polar surface area (TPSA) is 0 Å². The van der Waals surface area contributed by atoms with Gasteiger partial charge in [0.15, 0.2) is 0 Å². The SMILES string of the molecule is CCC1=C(C)c2cc(CC[I-]C)ccc2CC1. The normalized spacial score (nSPS) is 15.2. The van der Waals surface area contributed by atoms with Gasteiger partial charge >= 0.3 is 116 Å². The van der Waals surface area contributed by atoms with Gasteiger partial charge in [-0.1, -0.05) is 0 Å². The van der Waals surface area contributed by atoms with Crippen LogP contribution >= 0.6 is 0 Å². The molecule has 0 nitrogen and oxygen atoms in total. The number of rotatable bonds is 4. The van der Waals surface area contributed by atoms with Crippen LogP contribution in [0.4, 0.5) is 0 Å². The molecule has 0 radical (unpaired) electrons. The molecule has 94 valence electrons. The predicted octanol–water partition coefficient (Wildman–Crippen LogP) is 1.08. The summed E-state index contributed by atoms with van der Waals surface area (Å²) in [6, 6.07) is 7.18. The molecule has 0 aromatic heterocycles. The fourth-order valence-electron chi connectivity index (χ4n) is 2.66. The Morgan fingerprint density at radius 3 is 2.76 bits per heavy atom. The van der Waals surface area contributed by atoms with E-state index < -0.39 is 0 Å². The van der Waals surface area contributed by atoms with E-state index >= 15 is 0 Å². The summed E-state index contributed by atoms with van der Waals surface area (Å²) in [4.78, 5) is 2.37. The molecule has 0 heterocycles. The molecule has 0 bridgehead atoms. The van der Waals surface area contributed by atoms with E-state index in [0.717, 1.165) is 0 Å². The minimum atomic E-state index is 0.434. The van der Waals surface area contributed by atoms with Gasteiger partial charge in [-0.3, -0.25) is 0 Å². The van der Waals surface area contributed by atoms with E-state index in [2.05, 4.69) is 37.0 Å². The Balaban J connectivity index is 2.31. The molecule has 1 aliphatic carbocycles. The van der Waals surface area contributed by atoms with E-state index in [9.17, 15) is 0 Å². The van der Waals surface area contributed by atoms with Gasteiger partial charge in [0, 0.05) is 0 Å². The number of hydrogen-bond donors (Lipinski definition) is 0. The van der Waals surface area contributed by atoms with Crippen molar-refractivity contribution >= 4 is 5.57 Å². The Bertz CT molecular complexity index is 429. The van der Waals surface area contributed by atoms with Gasteiger partial charge in [-0.2, -0.15) is 0 Å². The molecule has 0 aliphatic heterocycles. The van der Waals surface area contributed by atoms with Crippen LogP contribution in [0.2, 0.25) is 0 Å². The molecule has 0 saturated carbocycles. The average Bonchev–Trinajstić information content (AvgIpc) is 2.37. The third kappa shape index (κ3) is 2.93. The van der Waals surface area contributed by atoms with Crippen molar-refractivity contribution in [3.8, 4) is 0 Å². The fourth-order valence-corrected chi connectivity index (χ4v) is 3.82. The fraction of sp³-hybridized carbons (Fsp3) is 0.500. The monoisotopic (exact) mass is 341 g/mol. The Hall–Kier alpha value is -0.310. The van der Waals surface area contributed by atoms with Gasteiger partial charge in [0.05, 0.1) is 0 Å². The molecule has 2 rings (SSSR count). The van der Waals surface area contributed by atoms with E-state index in [1.54, 1.807) is 27.8 Å². The zero-order chi connectivity index (χ0) is 12.3. The van der Waals surface area contributed by atoms with Crippen molar-refractivity contribution in [2.45, 2.75) is 39.5 Å². The summed E-state index contributed by atoms with van der Waals surface area (Å²) >= 11 is 0.434. The molecule has 0 unspecified atom stereocenters. The van der Waals surface area contributed by atoms with Crippen LogP contribution in [-0.2, 0) is 12.8 Å². The second kappa shape index (κ2) is 6.03. The maximum atomic E-state index is 2.46. The van der Waals surface area contributed by atoms with Gasteiger partial charge in [0.2, 0.25) is 0 Å². The zero-order valence-electron chi connectivity index (χ0n) is 11.1. The van der Waals surface area contributed by atoms with Crippen molar-refractivity contribution in [2.24, 2.45) is 0 Å². The molecule has 1 heteroatoms. The third-order valence-corrected chi connectivity index (χ3v) is 5.42. The Labute approximate surface area is 116 Å². The molecule has 0 N–H and O–H groups in total. The van der Waals surface area contributed by atoms with Crippen LogP contribution < -0.4 is 21.2 Å². The van der Waals surface area contributed by atoms with Crippen LogP contribution in [0.3, 0.4) is 0 Å². The molecule has 0 amide bonds. The summed E-state index contributed by atoms with van der Waals surface area (Å²) in [7, 11) is 0. The second-order valence-corrected chi connectivity index (χ2v) is 7.38. The number of halogens is 1. The van der Waals surface area contributed by atoms with Crippen molar-refractivity contribution in [3.05, 3.63) is 40.5 Å². The summed E-state index contributed by atoms with van der Waals surface area (Å²) in [5.41, 5.74) is 7.87. The minimum absolute atomic E-state index is 0.434. The van der Waals surface area contributed by atoms with Gasteiger partial charge in [-0.25, -0.2) is 0 Å². The molecule has 1 aromatic carbocycles. The molecular formula is C16H22I-. The molecule has 0 atom stereocenters. The van der Waals surface area contributed by atoms with Crippen molar-refractivity contribution in [2.75, 3.05) is 9.36 Å². The van der Waals surface area contributed by atoms with Gasteiger partial charge < -0.3 is 0 Å². The molecule has 1 aliphatic rings. The van der Waals surface area contributed by atoms with Crippen molar-refractivity contribution in [1.29, 1.82) is 0 Å². The van der Waals surface area contributed by atoms with Crippen LogP contribution in [0.15, 0.2) is 23.8 Å². The van der Waals surface area contributed by atoms with E-state index in [4.69, 9.17) is 0 Å². The molecule has 17 heavy (non-hydrogen) atoms. The van der Waals surface area contributed by atoms with Crippen LogP contribution in [-0.4, -0.2) is 9.36 Å². The van der Waals surface area contributed by atoms with Gasteiger partial charge in [-0.05, 0) is 0 Å². The molecule has 0 fully saturated rings. The number of aryl methyl sites for hydroxylation is 2. The first-order chi connectivity index (χ1) is 8.26. The van der Waals surface area contributed by atoms with Crippen LogP contribution in [0.25, 0.3) is 5.57 Å². The number of alkyl halides is 2.